The average Bonchev–Trinajstić information content (AvgIpc) is 2.96. The van der Waals surface area contributed by atoms with Gasteiger partial charge in [0.15, 0.2) is 0 Å². The van der Waals surface area contributed by atoms with Gasteiger partial charge in [-0.15, -0.1) is 0 Å². The number of carbonyl (C=O) groups is 1. The standard InChI is InChI=1S/C15H18N2O3/c1-8-12-10(17-16-8)7-15(3,19)14(9(2)18)13(12)11-5-4-6-20-11/h4-6,13-14,19H,7H2,1-3H3,(H,16,17). The molecule has 2 aromatic rings. The van der Waals surface area contributed by atoms with Crippen molar-refractivity contribution in [2.24, 2.45) is 5.92 Å². The first-order chi connectivity index (χ1) is 9.42. The number of hydrogen-bond acceptors (Lipinski definition) is 4. The maximum Gasteiger partial charge on any atom is 0.136 e. The van der Waals surface area contributed by atoms with Crippen LogP contribution in [0.3, 0.4) is 0 Å². The topological polar surface area (TPSA) is 79.1 Å². The Morgan fingerprint density at radius 1 is 1.60 bits per heavy atom. The summed E-state index contributed by atoms with van der Waals surface area (Å²) in [6.45, 7) is 5.15. The molecule has 2 heterocycles. The van der Waals surface area contributed by atoms with Crippen molar-refractivity contribution in [3.63, 3.8) is 0 Å². The quantitative estimate of drug-likeness (QED) is 0.877. The lowest BCUT2D eigenvalue weighted by molar-refractivity contribution is -0.131. The Morgan fingerprint density at radius 3 is 2.95 bits per heavy atom. The Kier molecular flexibility index (Phi) is 2.83. The van der Waals surface area contributed by atoms with Crippen LogP contribution in [0.5, 0.6) is 0 Å². The molecule has 0 saturated carbocycles. The summed E-state index contributed by atoms with van der Waals surface area (Å²) in [5, 5.41) is 17.9. The lowest BCUT2D eigenvalue weighted by Crippen LogP contribution is -2.48. The zero-order chi connectivity index (χ0) is 14.5. The van der Waals surface area contributed by atoms with Crippen LogP contribution in [0.4, 0.5) is 0 Å². The molecule has 0 bridgehead atoms. The smallest absolute Gasteiger partial charge is 0.136 e. The van der Waals surface area contributed by atoms with Crippen LogP contribution >= 0.6 is 0 Å². The molecule has 106 valence electrons. The molecule has 0 radical (unpaired) electrons. The van der Waals surface area contributed by atoms with E-state index >= 15 is 0 Å². The summed E-state index contributed by atoms with van der Waals surface area (Å²) in [4.78, 5) is 12.1. The highest BCUT2D eigenvalue weighted by Gasteiger charge is 2.49. The summed E-state index contributed by atoms with van der Waals surface area (Å²) >= 11 is 0. The molecule has 20 heavy (non-hydrogen) atoms. The van der Waals surface area contributed by atoms with Crippen LogP contribution < -0.4 is 0 Å². The highest BCUT2D eigenvalue weighted by molar-refractivity contribution is 5.82. The highest BCUT2D eigenvalue weighted by Crippen LogP contribution is 2.46. The number of carbonyl (C=O) groups excluding carboxylic acids is 1. The normalized spacial score (nSPS) is 29.2. The van der Waals surface area contributed by atoms with Crippen molar-refractivity contribution < 1.29 is 14.3 Å². The zero-order valence-corrected chi connectivity index (χ0v) is 11.8. The second-order valence-corrected chi connectivity index (χ2v) is 5.82. The number of ketones is 1. The number of furan rings is 1. The molecule has 0 spiro atoms. The summed E-state index contributed by atoms with van der Waals surface area (Å²) in [6.07, 6.45) is 1.96. The molecule has 0 amide bonds. The van der Waals surface area contributed by atoms with Crippen molar-refractivity contribution in [2.75, 3.05) is 0 Å². The number of aliphatic hydroxyl groups is 1. The molecule has 1 aliphatic carbocycles. The minimum atomic E-state index is -1.13. The predicted octanol–water partition coefficient (Wildman–Crippen LogP) is 1.96. The van der Waals surface area contributed by atoms with Crippen LogP contribution in [-0.2, 0) is 11.2 Å². The number of nitrogens with one attached hydrogen (secondary N) is 1. The van der Waals surface area contributed by atoms with Gasteiger partial charge in [-0.05, 0) is 32.9 Å². The Bertz CT molecular complexity index is 640. The van der Waals surface area contributed by atoms with E-state index < -0.39 is 11.5 Å². The van der Waals surface area contributed by atoms with Crippen LogP contribution in [0.15, 0.2) is 22.8 Å². The Hall–Kier alpha value is -1.88. The van der Waals surface area contributed by atoms with Crippen molar-refractivity contribution >= 4 is 5.78 Å². The first kappa shape index (κ1) is 13.1. The van der Waals surface area contributed by atoms with Gasteiger partial charge in [-0.1, -0.05) is 0 Å². The highest BCUT2D eigenvalue weighted by atomic mass is 16.3. The molecule has 1 aliphatic rings. The Balaban J connectivity index is 2.23. The fourth-order valence-corrected chi connectivity index (χ4v) is 3.46. The number of hydrogen-bond donors (Lipinski definition) is 2. The van der Waals surface area contributed by atoms with Gasteiger partial charge in [-0.25, -0.2) is 0 Å². The van der Waals surface area contributed by atoms with E-state index in [1.165, 1.54) is 6.92 Å². The lowest BCUT2D eigenvalue weighted by atomic mass is 9.66. The maximum absolute atomic E-state index is 12.1. The third kappa shape index (κ3) is 1.81. The second kappa shape index (κ2) is 4.31. The van der Waals surface area contributed by atoms with E-state index in [0.717, 1.165) is 17.0 Å². The Morgan fingerprint density at radius 2 is 2.35 bits per heavy atom. The predicted molar refractivity (Wildman–Crippen MR) is 72.4 cm³/mol. The number of aryl methyl sites for hydroxylation is 1. The van der Waals surface area contributed by atoms with E-state index in [1.54, 1.807) is 19.3 Å². The number of nitrogens with zero attached hydrogens (tertiary/aromatic N) is 1. The molecular formula is C15H18N2O3. The first-order valence-electron chi connectivity index (χ1n) is 6.72. The number of H-pyrrole nitrogens is 1. The van der Waals surface area contributed by atoms with E-state index in [0.29, 0.717) is 12.2 Å². The van der Waals surface area contributed by atoms with Gasteiger partial charge in [-0.2, -0.15) is 5.10 Å². The molecule has 0 aromatic carbocycles. The van der Waals surface area contributed by atoms with Gasteiger partial charge in [0.05, 0.1) is 29.4 Å². The van der Waals surface area contributed by atoms with Gasteiger partial charge in [0.1, 0.15) is 11.5 Å². The van der Waals surface area contributed by atoms with Gasteiger partial charge in [0, 0.05) is 17.7 Å². The molecule has 0 aliphatic heterocycles. The summed E-state index contributed by atoms with van der Waals surface area (Å²) in [5.74, 6) is -0.170. The molecule has 0 saturated heterocycles. The van der Waals surface area contributed by atoms with Gasteiger partial charge in [0.2, 0.25) is 0 Å². The van der Waals surface area contributed by atoms with Gasteiger partial charge in [-0.3, -0.25) is 9.89 Å². The number of aromatic nitrogens is 2. The minimum absolute atomic E-state index is 0.0392. The van der Waals surface area contributed by atoms with E-state index in [-0.39, 0.29) is 11.7 Å². The molecule has 2 aromatic heterocycles. The van der Waals surface area contributed by atoms with Crippen molar-refractivity contribution in [1.82, 2.24) is 10.2 Å². The second-order valence-electron chi connectivity index (χ2n) is 5.82. The fraction of sp³-hybridized carbons (Fsp3) is 0.467. The molecule has 0 fully saturated rings. The van der Waals surface area contributed by atoms with E-state index in [2.05, 4.69) is 10.2 Å². The Labute approximate surface area is 117 Å². The number of aromatic amines is 1. The van der Waals surface area contributed by atoms with E-state index in [1.807, 2.05) is 13.0 Å². The largest absolute Gasteiger partial charge is 0.469 e. The third-order valence-corrected chi connectivity index (χ3v) is 4.20. The first-order valence-corrected chi connectivity index (χ1v) is 6.72. The van der Waals surface area contributed by atoms with Gasteiger partial charge >= 0.3 is 0 Å². The average molecular weight is 274 g/mol. The summed E-state index contributed by atoms with van der Waals surface area (Å²) in [5.41, 5.74) is 1.58. The van der Waals surface area contributed by atoms with Crippen LogP contribution in [0.25, 0.3) is 0 Å². The molecule has 3 atom stereocenters. The van der Waals surface area contributed by atoms with Crippen molar-refractivity contribution in [2.45, 2.75) is 38.7 Å². The van der Waals surface area contributed by atoms with E-state index in [4.69, 9.17) is 4.42 Å². The van der Waals surface area contributed by atoms with Gasteiger partial charge < -0.3 is 9.52 Å². The molecule has 2 N–H and O–H groups in total. The SMILES string of the molecule is CC(=O)C1C(c2ccco2)c2c(n[nH]c2C)CC1(C)O. The monoisotopic (exact) mass is 274 g/mol. The minimum Gasteiger partial charge on any atom is -0.469 e. The van der Waals surface area contributed by atoms with Crippen LogP contribution in [0.2, 0.25) is 0 Å². The number of rotatable bonds is 2. The van der Waals surface area contributed by atoms with E-state index in [9.17, 15) is 9.90 Å². The molecule has 3 rings (SSSR count). The van der Waals surface area contributed by atoms with Crippen LogP contribution in [0.1, 0.15) is 42.5 Å². The van der Waals surface area contributed by atoms with Crippen LogP contribution in [0, 0.1) is 12.8 Å². The summed E-state index contributed by atoms with van der Waals surface area (Å²) < 4.78 is 5.52. The fourth-order valence-electron chi connectivity index (χ4n) is 3.46. The molecule has 3 unspecified atom stereocenters. The van der Waals surface area contributed by atoms with Crippen molar-refractivity contribution in [3.05, 3.63) is 41.1 Å². The number of fused-ring (bicyclic) bond motifs is 1. The summed E-state index contributed by atoms with van der Waals surface area (Å²) in [7, 11) is 0. The van der Waals surface area contributed by atoms with Crippen molar-refractivity contribution in [1.29, 1.82) is 0 Å². The molecular weight excluding hydrogens is 256 g/mol. The van der Waals surface area contributed by atoms with Gasteiger partial charge in [0.25, 0.3) is 0 Å². The van der Waals surface area contributed by atoms with Crippen LogP contribution in [-0.4, -0.2) is 26.7 Å². The molecule has 5 nitrogen and oxygen atoms in total. The van der Waals surface area contributed by atoms with Crippen molar-refractivity contribution in [3.8, 4) is 0 Å². The number of Topliss-reactive ketones (excluding diaryl/α,β-unsaturated/α-hetero) is 1. The summed E-state index contributed by atoms with van der Waals surface area (Å²) in [6, 6.07) is 3.64. The zero-order valence-electron chi connectivity index (χ0n) is 11.8. The molecule has 5 heteroatoms. The lowest BCUT2D eigenvalue weighted by Gasteiger charge is -2.40. The maximum atomic E-state index is 12.1. The third-order valence-electron chi connectivity index (χ3n) is 4.20.